The zero-order valence-electron chi connectivity index (χ0n) is 40.4. The van der Waals surface area contributed by atoms with E-state index in [4.69, 9.17) is 43.1 Å². The van der Waals surface area contributed by atoms with Crippen molar-refractivity contribution in [3.8, 4) is 34.0 Å². The summed E-state index contributed by atoms with van der Waals surface area (Å²) >= 11 is 16.7. The van der Waals surface area contributed by atoms with Gasteiger partial charge in [-0.25, -0.2) is 29.9 Å². The number of aromatic nitrogens is 6. The molecule has 2 atom stereocenters. The monoisotopic (exact) mass is 1040 g/mol. The number of amides is 2. The number of anilines is 2. The summed E-state index contributed by atoms with van der Waals surface area (Å²) < 4.78 is 0. The van der Waals surface area contributed by atoms with Gasteiger partial charge in [-0.15, -0.1) is 22.7 Å². The van der Waals surface area contributed by atoms with Crippen LogP contribution in [-0.4, -0.2) is 114 Å². The van der Waals surface area contributed by atoms with Crippen molar-refractivity contribution in [2.45, 2.75) is 77.0 Å². The summed E-state index contributed by atoms with van der Waals surface area (Å²) in [6.07, 6.45) is 10.1. The van der Waals surface area contributed by atoms with Crippen LogP contribution in [-0.2, 0) is 35.3 Å². The first-order valence-corrected chi connectivity index (χ1v) is 27.1. The van der Waals surface area contributed by atoms with Crippen LogP contribution in [0.15, 0.2) is 72.7 Å². The van der Waals surface area contributed by atoms with Gasteiger partial charge in [0.25, 0.3) is 0 Å². The first-order valence-electron chi connectivity index (χ1n) is 24.6. The van der Waals surface area contributed by atoms with Crippen molar-refractivity contribution in [3.05, 3.63) is 126 Å². The summed E-state index contributed by atoms with van der Waals surface area (Å²) in [7, 11) is 0. The number of rotatable bonds is 8. The number of likely N-dealkylation sites (tertiary alicyclic amines) is 2. The highest BCUT2D eigenvalue weighted by molar-refractivity contribution is 7.10. The van der Waals surface area contributed by atoms with Crippen LogP contribution in [0.5, 0.6) is 11.5 Å². The SMILES string of the molecule is C=CC(=O)N1CC2(CCN(c3nc4c(c(-c5cc(O)ccc5Cl)n3)CC[C@@H](c3scnc3C)C4)C2)C1.C=CC(=O)N1CC2(CCN(c3nc4c(c(-c5cc(O)ccc5Cl)n3)CC[C@H](c3scnc3C)C4)C2)C1. The number of benzene rings is 2. The molecule has 0 saturated carbocycles. The molecule has 0 bridgehead atoms. The van der Waals surface area contributed by atoms with Crippen molar-refractivity contribution in [1.82, 2.24) is 39.7 Å². The first kappa shape index (κ1) is 48.3. The van der Waals surface area contributed by atoms with E-state index in [9.17, 15) is 19.8 Å². The number of phenols is 2. The summed E-state index contributed by atoms with van der Waals surface area (Å²) in [6.45, 7) is 17.7. The molecular formula is C54H56Cl2N10O4S2. The lowest BCUT2D eigenvalue weighted by molar-refractivity contribution is -0.137. The smallest absolute Gasteiger partial charge is 0.245 e. The summed E-state index contributed by atoms with van der Waals surface area (Å²) in [5.41, 5.74) is 13.7. The van der Waals surface area contributed by atoms with E-state index in [2.05, 4.69) is 46.8 Å². The largest absolute Gasteiger partial charge is 0.508 e. The predicted molar refractivity (Wildman–Crippen MR) is 284 cm³/mol. The molecule has 8 heterocycles. The van der Waals surface area contributed by atoms with Crippen LogP contribution < -0.4 is 9.80 Å². The summed E-state index contributed by atoms with van der Waals surface area (Å²) in [6, 6.07) is 10.0. The van der Waals surface area contributed by atoms with Crippen LogP contribution in [0.3, 0.4) is 0 Å². The molecule has 6 aliphatic rings. The Balaban J connectivity index is 0.000000156. The maximum atomic E-state index is 12.0. The Kier molecular flexibility index (Phi) is 12.9. The van der Waals surface area contributed by atoms with Crippen molar-refractivity contribution >= 4 is 69.6 Å². The van der Waals surface area contributed by atoms with Gasteiger partial charge in [-0.2, -0.15) is 0 Å². The normalized spacial score (nSPS) is 20.3. The number of phenolic OH excluding ortho intramolecular Hbond substituents is 2. The average molecular weight is 1040 g/mol. The van der Waals surface area contributed by atoms with Crippen molar-refractivity contribution in [2.75, 3.05) is 62.2 Å². The van der Waals surface area contributed by atoms with E-state index in [0.29, 0.717) is 33.8 Å². The van der Waals surface area contributed by atoms with E-state index >= 15 is 0 Å². The van der Waals surface area contributed by atoms with Crippen LogP contribution >= 0.6 is 45.9 Å². The van der Waals surface area contributed by atoms with E-state index in [0.717, 1.165) is 160 Å². The number of carbonyl (C=O) groups excluding carboxylic acids is 2. The van der Waals surface area contributed by atoms with Gasteiger partial charge in [0, 0.05) is 107 Å². The molecule has 4 saturated heterocycles. The highest BCUT2D eigenvalue weighted by Crippen LogP contribution is 2.47. The fourth-order valence-electron chi connectivity index (χ4n) is 12.0. The topological polar surface area (TPSA) is 165 Å². The van der Waals surface area contributed by atoms with E-state index in [1.165, 1.54) is 21.9 Å². The predicted octanol–water partition coefficient (Wildman–Crippen LogP) is 9.53. The second-order valence-electron chi connectivity index (χ2n) is 20.5. The van der Waals surface area contributed by atoms with E-state index in [-0.39, 0.29) is 34.1 Å². The van der Waals surface area contributed by atoms with Crippen LogP contribution in [0.1, 0.15) is 81.2 Å². The zero-order valence-corrected chi connectivity index (χ0v) is 43.6. The third kappa shape index (κ3) is 9.02. The number of carbonyl (C=O) groups is 2. The number of aromatic hydroxyl groups is 2. The molecule has 2 spiro atoms. The number of fused-ring (bicyclic) bond motifs is 2. The standard InChI is InChI=1S/2C27H28ClN5O2S/c2*1-3-23(35)33-13-27(14-33)8-9-32(12-27)26-30-22-10-17(25-16(2)29-15-36-25)4-6-19(22)24(31-26)20-11-18(34)5-7-21(20)28/h2*3,5,7,11,15,17,34H,1,4,6,8-10,12-14H2,2H3/t2*17-/m10/s1. The molecule has 72 heavy (non-hydrogen) atoms. The molecule has 2 aliphatic carbocycles. The molecule has 18 heteroatoms. The van der Waals surface area contributed by atoms with Gasteiger partial charge >= 0.3 is 0 Å². The van der Waals surface area contributed by atoms with Gasteiger partial charge in [-0.3, -0.25) is 9.59 Å². The minimum absolute atomic E-state index is 0.00526. The van der Waals surface area contributed by atoms with Crippen molar-refractivity contribution in [2.24, 2.45) is 10.8 Å². The molecule has 0 radical (unpaired) electrons. The Bertz CT molecular complexity index is 2940. The van der Waals surface area contributed by atoms with E-state index < -0.39 is 0 Å². The molecule has 4 aliphatic heterocycles. The lowest BCUT2D eigenvalue weighted by Crippen LogP contribution is -2.59. The number of aryl methyl sites for hydroxylation is 2. The molecule has 6 aromatic rings. The Morgan fingerprint density at radius 2 is 1.07 bits per heavy atom. The lowest BCUT2D eigenvalue weighted by atomic mass is 9.79. The van der Waals surface area contributed by atoms with Gasteiger partial charge in [0.1, 0.15) is 11.5 Å². The molecule has 2 amide bonds. The fraction of sp³-hybridized carbons (Fsp3) is 0.407. The maximum absolute atomic E-state index is 12.0. The third-order valence-electron chi connectivity index (χ3n) is 15.8. The Hall–Kier alpha value is -5.94. The van der Waals surface area contributed by atoms with Gasteiger partial charge < -0.3 is 29.8 Å². The number of hydrogen-bond donors (Lipinski definition) is 2. The molecule has 12 rings (SSSR count). The Morgan fingerprint density at radius 3 is 1.44 bits per heavy atom. The quantitative estimate of drug-likeness (QED) is 0.139. The molecule has 4 fully saturated rings. The van der Waals surface area contributed by atoms with Gasteiger partial charge in [-0.1, -0.05) is 36.4 Å². The number of thiazole rings is 2. The van der Waals surface area contributed by atoms with Crippen LogP contribution in [0.4, 0.5) is 11.9 Å². The number of nitrogens with zero attached hydrogens (tertiary/aromatic N) is 10. The highest BCUT2D eigenvalue weighted by Gasteiger charge is 2.51. The second kappa shape index (κ2) is 19.2. The summed E-state index contributed by atoms with van der Waals surface area (Å²) in [5, 5.41) is 21.6. The third-order valence-corrected chi connectivity index (χ3v) is 18.6. The first-order chi connectivity index (χ1) is 34.7. The van der Waals surface area contributed by atoms with Gasteiger partial charge in [-0.05, 0) is 114 Å². The van der Waals surface area contributed by atoms with Crippen LogP contribution in [0.25, 0.3) is 22.5 Å². The molecule has 2 aromatic carbocycles. The molecule has 14 nitrogen and oxygen atoms in total. The highest BCUT2D eigenvalue weighted by atomic mass is 35.5. The van der Waals surface area contributed by atoms with Crippen LogP contribution in [0, 0.1) is 24.7 Å². The molecule has 372 valence electrons. The minimum atomic E-state index is -0.00526. The Labute approximate surface area is 437 Å². The van der Waals surface area contributed by atoms with Crippen molar-refractivity contribution in [1.29, 1.82) is 0 Å². The molecule has 4 aromatic heterocycles. The molecule has 2 N–H and O–H groups in total. The van der Waals surface area contributed by atoms with Gasteiger partial charge in [0.15, 0.2) is 0 Å². The van der Waals surface area contributed by atoms with Crippen molar-refractivity contribution < 1.29 is 19.8 Å². The molecular weight excluding hydrogens is 988 g/mol. The fourth-order valence-corrected chi connectivity index (χ4v) is 14.3. The number of hydrogen-bond acceptors (Lipinski definition) is 14. The van der Waals surface area contributed by atoms with Crippen LogP contribution in [0.2, 0.25) is 10.0 Å². The van der Waals surface area contributed by atoms with E-state index in [1.54, 1.807) is 59.1 Å². The lowest BCUT2D eigenvalue weighted by Gasteiger charge is -2.47. The summed E-state index contributed by atoms with van der Waals surface area (Å²) in [5.74, 6) is 2.50. The average Bonchev–Trinajstić information content (AvgIpc) is 4.21. The maximum Gasteiger partial charge on any atom is 0.245 e. The van der Waals surface area contributed by atoms with Gasteiger partial charge in [0.2, 0.25) is 23.7 Å². The van der Waals surface area contributed by atoms with E-state index in [1.807, 2.05) is 20.8 Å². The Morgan fingerprint density at radius 1 is 0.653 bits per heavy atom. The zero-order chi connectivity index (χ0) is 50.1. The van der Waals surface area contributed by atoms with Crippen molar-refractivity contribution in [3.63, 3.8) is 0 Å². The molecule has 0 unspecified atom stereocenters. The number of halogens is 2. The van der Waals surface area contributed by atoms with Gasteiger partial charge in [0.05, 0.1) is 55.2 Å². The second-order valence-corrected chi connectivity index (χ2v) is 23.1. The summed E-state index contributed by atoms with van der Waals surface area (Å²) in [4.78, 5) is 64.1. The minimum Gasteiger partial charge on any atom is -0.508 e.